The SMILES string of the molecule is C.C.C#CC(CCCC(C)CC)CC1CCC2C(=CCC3C2(C)CCC2(C)C(CC(C)C(C)(C)C)CC[C@@]32C)C1(C)C.C=C.CC.CC.CC.CCCCCC. The molecule has 0 aromatic carbocycles. The molecule has 0 aliphatic heterocycles. The van der Waals surface area contributed by atoms with E-state index in [9.17, 15) is 0 Å². The van der Waals surface area contributed by atoms with Crippen molar-refractivity contribution in [2.45, 2.75) is 256 Å². The molecular formula is C56H112. The predicted molar refractivity (Wildman–Crippen MR) is 265 cm³/mol. The summed E-state index contributed by atoms with van der Waals surface area (Å²) in [7, 11) is 0. The van der Waals surface area contributed by atoms with Gasteiger partial charge in [-0.15, -0.1) is 25.5 Å². The Hall–Kier alpha value is -0.960. The van der Waals surface area contributed by atoms with Crippen LogP contribution in [0.25, 0.3) is 0 Å². The number of fused-ring (bicyclic) bond motifs is 5. The lowest BCUT2D eigenvalue weighted by molar-refractivity contribution is -0.140. The summed E-state index contributed by atoms with van der Waals surface area (Å²) in [5.41, 5.74) is 3.98. The summed E-state index contributed by atoms with van der Waals surface area (Å²) in [5, 5.41) is 0. The zero-order valence-corrected chi connectivity index (χ0v) is 41.1. The summed E-state index contributed by atoms with van der Waals surface area (Å²) in [6.07, 6.45) is 32.2. The second-order valence-corrected chi connectivity index (χ2v) is 19.8. The molecule has 0 aromatic heterocycles. The van der Waals surface area contributed by atoms with Crippen LogP contribution in [0.3, 0.4) is 0 Å². The average Bonchev–Trinajstić information content (AvgIpc) is 3.43. The molecule has 4 aliphatic carbocycles. The molecule has 0 heterocycles. The highest BCUT2D eigenvalue weighted by atomic mass is 14.7. The van der Waals surface area contributed by atoms with Gasteiger partial charge < -0.3 is 0 Å². The largest absolute Gasteiger partial charge is 0.120 e. The van der Waals surface area contributed by atoms with Crippen LogP contribution < -0.4 is 0 Å². The van der Waals surface area contributed by atoms with E-state index < -0.39 is 0 Å². The fourth-order valence-electron chi connectivity index (χ4n) is 11.5. The van der Waals surface area contributed by atoms with E-state index in [-0.39, 0.29) is 20.3 Å². The van der Waals surface area contributed by atoms with E-state index in [0.29, 0.717) is 27.6 Å². The average molecular weight is 786 g/mol. The maximum absolute atomic E-state index is 6.14. The van der Waals surface area contributed by atoms with Crippen molar-refractivity contribution in [1.29, 1.82) is 0 Å². The molecule has 4 aliphatic rings. The molecule has 0 bridgehead atoms. The summed E-state index contributed by atoms with van der Waals surface area (Å²) >= 11 is 0. The molecule has 0 heteroatoms. The normalized spacial score (nSPS) is 30.7. The van der Waals surface area contributed by atoms with E-state index in [1.165, 1.54) is 109 Å². The van der Waals surface area contributed by atoms with Crippen molar-refractivity contribution in [2.75, 3.05) is 0 Å². The van der Waals surface area contributed by atoms with Gasteiger partial charge in [0, 0.05) is 5.92 Å². The highest BCUT2D eigenvalue weighted by Gasteiger charge is 2.66. The van der Waals surface area contributed by atoms with Crippen molar-refractivity contribution in [2.24, 2.45) is 68.5 Å². The van der Waals surface area contributed by atoms with Crippen LogP contribution in [-0.2, 0) is 0 Å². The van der Waals surface area contributed by atoms with Gasteiger partial charge in [0.2, 0.25) is 0 Å². The van der Waals surface area contributed by atoms with Crippen molar-refractivity contribution in [1.82, 2.24) is 0 Å². The van der Waals surface area contributed by atoms with Gasteiger partial charge in [0.05, 0.1) is 0 Å². The third-order valence-electron chi connectivity index (χ3n) is 16.1. The number of unbranched alkanes of at least 4 members (excludes halogenated alkanes) is 3. The van der Waals surface area contributed by atoms with Crippen LogP contribution in [0.4, 0.5) is 0 Å². The molecule has 3 saturated carbocycles. The summed E-state index contributed by atoms with van der Waals surface area (Å²) in [6.45, 7) is 50.5. The lowest BCUT2D eigenvalue weighted by Gasteiger charge is -2.66. The van der Waals surface area contributed by atoms with Crippen LogP contribution in [0.2, 0.25) is 0 Å². The summed E-state index contributed by atoms with van der Waals surface area (Å²) in [6, 6.07) is 0. The Kier molecular flexibility index (Phi) is 32.3. The molecule has 336 valence electrons. The highest BCUT2D eigenvalue weighted by Crippen LogP contribution is 2.75. The molecule has 56 heavy (non-hydrogen) atoms. The maximum atomic E-state index is 6.14. The van der Waals surface area contributed by atoms with Crippen LogP contribution in [0, 0.1) is 80.8 Å². The van der Waals surface area contributed by atoms with Crippen molar-refractivity contribution in [3.05, 3.63) is 24.8 Å². The molecule has 3 fully saturated rings. The fraction of sp³-hybridized carbons (Fsp3) is 0.893. The molecule has 0 spiro atoms. The van der Waals surface area contributed by atoms with Gasteiger partial charge in [-0.1, -0.05) is 203 Å². The lowest BCUT2D eigenvalue weighted by Crippen LogP contribution is -2.58. The van der Waals surface area contributed by atoms with E-state index >= 15 is 0 Å². The second kappa shape index (κ2) is 29.3. The van der Waals surface area contributed by atoms with Gasteiger partial charge in [-0.05, 0) is 127 Å². The molecule has 0 amide bonds. The minimum absolute atomic E-state index is 0. The Bertz CT molecular complexity index is 1030. The Balaban J connectivity index is -0.000000744. The molecule has 9 unspecified atom stereocenters. The van der Waals surface area contributed by atoms with Gasteiger partial charge >= 0.3 is 0 Å². The molecule has 4 rings (SSSR count). The predicted octanol–water partition coefficient (Wildman–Crippen LogP) is 19.9. The first-order chi connectivity index (χ1) is 25.5. The summed E-state index contributed by atoms with van der Waals surface area (Å²) < 4.78 is 0. The third kappa shape index (κ3) is 14.9. The van der Waals surface area contributed by atoms with Gasteiger partial charge in [0.25, 0.3) is 0 Å². The first kappa shape index (κ1) is 61.7. The lowest BCUT2D eigenvalue weighted by atomic mass is 9.38. The fourth-order valence-corrected chi connectivity index (χ4v) is 11.5. The Morgan fingerprint density at radius 2 is 1.27 bits per heavy atom. The highest BCUT2D eigenvalue weighted by molar-refractivity contribution is 5.30. The first-order valence-corrected chi connectivity index (χ1v) is 24.1. The van der Waals surface area contributed by atoms with Gasteiger partial charge in [0.1, 0.15) is 0 Å². The summed E-state index contributed by atoms with van der Waals surface area (Å²) in [4.78, 5) is 0. The minimum atomic E-state index is 0. The zero-order valence-electron chi connectivity index (χ0n) is 41.1. The van der Waals surface area contributed by atoms with E-state index in [1.807, 2.05) is 47.1 Å². The number of hydrogen-bond acceptors (Lipinski definition) is 0. The quantitative estimate of drug-likeness (QED) is 0.105. The van der Waals surface area contributed by atoms with Crippen molar-refractivity contribution in [3.63, 3.8) is 0 Å². The molecule has 0 saturated heterocycles. The van der Waals surface area contributed by atoms with E-state index in [0.717, 1.165) is 35.5 Å². The Morgan fingerprint density at radius 1 is 0.732 bits per heavy atom. The van der Waals surface area contributed by atoms with Gasteiger partial charge in [-0.3, -0.25) is 0 Å². The van der Waals surface area contributed by atoms with E-state index in [2.05, 4.69) is 115 Å². The van der Waals surface area contributed by atoms with Crippen LogP contribution in [0.15, 0.2) is 24.8 Å². The first-order valence-electron chi connectivity index (χ1n) is 24.1. The van der Waals surface area contributed by atoms with Crippen molar-refractivity contribution < 1.29 is 0 Å². The maximum Gasteiger partial charge on any atom is 0.0203 e. The molecule has 0 radical (unpaired) electrons. The van der Waals surface area contributed by atoms with E-state index in [4.69, 9.17) is 6.42 Å². The van der Waals surface area contributed by atoms with Gasteiger partial charge in [0.15, 0.2) is 0 Å². The van der Waals surface area contributed by atoms with Gasteiger partial charge in [-0.2, -0.15) is 0 Å². The zero-order chi connectivity index (χ0) is 42.6. The topological polar surface area (TPSA) is 0 Å². The standard InChI is InChI=1S/C40H68.C6H14.3C2H6.C2H4.2CH4/c1-13-28(3)16-15-17-30(14-2)27-31-18-19-34-33(37(31,8)9)20-21-35-38(34,10)24-25-39(11)32(22-23-40(35,39)12)26-29(4)36(5,6)7;1-3-5-6-4-2;4*1-2;;/h2,20,28-32,34-35H,13,15-19,21-27H2,1,3-12H3;3-6H2,1-2H3;3*1-2H3;1-2H2;2*1H4/t28?,29?,30?,31?,32?,34?,35?,38?,39?,40-;;;;;;;/m0......./s1. The monoisotopic (exact) mass is 785 g/mol. The molecule has 0 N–H and O–H groups in total. The van der Waals surface area contributed by atoms with Crippen LogP contribution in [-0.4, -0.2) is 0 Å². The molecule has 10 atom stereocenters. The molecule has 0 nitrogen and oxygen atoms in total. The summed E-state index contributed by atoms with van der Waals surface area (Å²) in [5.74, 6) is 8.58. The van der Waals surface area contributed by atoms with Gasteiger partial charge in [-0.25, -0.2) is 0 Å². The second-order valence-electron chi connectivity index (χ2n) is 19.8. The smallest absolute Gasteiger partial charge is 0.0203 e. The van der Waals surface area contributed by atoms with Crippen molar-refractivity contribution in [3.8, 4) is 12.3 Å². The molecular weight excluding hydrogens is 673 g/mol. The minimum Gasteiger partial charge on any atom is -0.120 e. The van der Waals surface area contributed by atoms with Crippen LogP contribution >= 0.6 is 0 Å². The number of rotatable bonds is 12. The number of allylic oxidation sites excluding steroid dienone is 2. The Morgan fingerprint density at radius 3 is 1.73 bits per heavy atom. The third-order valence-corrected chi connectivity index (χ3v) is 16.1. The van der Waals surface area contributed by atoms with Crippen LogP contribution in [0.5, 0.6) is 0 Å². The van der Waals surface area contributed by atoms with Crippen LogP contribution in [0.1, 0.15) is 256 Å². The van der Waals surface area contributed by atoms with Crippen molar-refractivity contribution >= 4 is 0 Å². The Labute approximate surface area is 359 Å². The number of hydrogen-bond donors (Lipinski definition) is 0. The number of terminal acetylenes is 1. The van der Waals surface area contributed by atoms with E-state index in [1.54, 1.807) is 0 Å². The molecule has 0 aromatic rings.